The molecule has 0 radical (unpaired) electrons. The molecule has 0 N–H and O–H groups in total. The van der Waals surface area contributed by atoms with Crippen molar-refractivity contribution in [2.45, 2.75) is 105 Å². The van der Waals surface area contributed by atoms with Gasteiger partial charge in [0.25, 0.3) is 0 Å². The van der Waals surface area contributed by atoms with Crippen LogP contribution in [0.1, 0.15) is 105 Å². The van der Waals surface area contributed by atoms with E-state index in [2.05, 4.69) is 189 Å². The van der Waals surface area contributed by atoms with E-state index in [0.717, 1.165) is 0 Å². The predicted octanol–water partition coefficient (Wildman–Crippen LogP) is 14.8. The maximum atomic E-state index is 2.67. The van der Waals surface area contributed by atoms with Gasteiger partial charge in [-0.2, -0.15) is 0 Å². The van der Waals surface area contributed by atoms with Gasteiger partial charge in [0.1, 0.15) is 0 Å². The molecule has 0 bridgehead atoms. The molecule has 0 aliphatic heterocycles. The molecule has 0 aliphatic carbocycles. The molecular formula is C52H52N2. The van der Waals surface area contributed by atoms with E-state index in [1.54, 1.807) is 0 Å². The fourth-order valence-electron chi connectivity index (χ4n) is 9.48. The lowest BCUT2D eigenvalue weighted by Gasteiger charge is -2.26. The van der Waals surface area contributed by atoms with Crippen LogP contribution in [0.2, 0.25) is 0 Å². The summed E-state index contributed by atoms with van der Waals surface area (Å²) in [5.74, 6) is 0. The summed E-state index contributed by atoms with van der Waals surface area (Å²) in [4.78, 5) is 0. The Morgan fingerprint density at radius 3 is 1.31 bits per heavy atom. The van der Waals surface area contributed by atoms with Crippen LogP contribution < -0.4 is 0 Å². The summed E-state index contributed by atoms with van der Waals surface area (Å²) in [5.41, 5.74) is 16.1. The Morgan fingerprint density at radius 2 is 0.778 bits per heavy atom. The molecule has 54 heavy (non-hydrogen) atoms. The molecule has 10 aromatic rings. The van der Waals surface area contributed by atoms with Crippen LogP contribution in [0.3, 0.4) is 0 Å². The monoisotopic (exact) mass is 704 g/mol. The third kappa shape index (κ3) is 4.40. The number of aromatic nitrogens is 2. The van der Waals surface area contributed by atoms with E-state index < -0.39 is 0 Å². The van der Waals surface area contributed by atoms with Crippen molar-refractivity contribution in [2.75, 3.05) is 0 Å². The van der Waals surface area contributed by atoms with Gasteiger partial charge in [-0.1, -0.05) is 162 Å². The molecule has 2 heteroatoms. The lowest BCUT2D eigenvalue weighted by Crippen LogP contribution is -2.16. The standard InChI is InChI=1S/C52H52N2/c1-49(2,3)30-20-22-36-40(27-30)53-39-19-14-13-16-35(39)42-43-37-23-21-31(50(4,5)6)28-41(37)54-46-34(17-15-18-38(46)45(48(43)54)44(36)47(42)53)29-24-32(51(7,8)9)26-33(25-29)52(10,11)12/h13-28H,1-12H3. The van der Waals surface area contributed by atoms with E-state index in [-0.39, 0.29) is 21.7 Å². The average molecular weight is 705 g/mol. The Bertz CT molecular complexity index is 3140. The minimum absolute atomic E-state index is 0.0169. The third-order valence-electron chi connectivity index (χ3n) is 12.6. The van der Waals surface area contributed by atoms with Crippen LogP contribution in [-0.2, 0) is 21.7 Å². The fourth-order valence-corrected chi connectivity index (χ4v) is 9.48. The highest BCUT2D eigenvalue weighted by molar-refractivity contribution is 6.45. The van der Waals surface area contributed by atoms with Crippen LogP contribution in [0.25, 0.3) is 87.3 Å². The van der Waals surface area contributed by atoms with E-state index in [9.17, 15) is 0 Å². The van der Waals surface area contributed by atoms with Gasteiger partial charge in [0, 0.05) is 48.7 Å². The van der Waals surface area contributed by atoms with Crippen LogP contribution in [0.5, 0.6) is 0 Å². The Hall–Kier alpha value is -5.08. The zero-order valence-electron chi connectivity index (χ0n) is 34.1. The second-order valence-corrected chi connectivity index (χ2v) is 20.3. The molecule has 2 nitrogen and oxygen atoms in total. The van der Waals surface area contributed by atoms with Crippen LogP contribution in [0, 0.1) is 0 Å². The Labute approximate surface area is 319 Å². The number of nitrogens with zero attached hydrogens (tertiary/aromatic N) is 2. The van der Waals surface area contributed by atoms with Crippen molar-refractivity contribution < 1.29 is 0 Å². The van der Waals surface area contributed by atoms with Gasteiger partial charge in [-0.3, -0.25) is 0 Å². The van der Waals surface area contributed by atoms with Crippen molar-refractivity contribution in [3.05, 3.63) is 119 Å². The van der Waals surface area contributed by atoms with Gasteiger partial charge < -0.3 is 8.80 Å². The molecule has 0 saturated heterocycles. The van der Waals surface area contributed by atoms with Gasteiger partial charge in [0.05, 0.1) is 33.1 Å². The molecule has 10 rings (SSSR count). The number of para-hydroxylation sites is 2. The SMILES string of the molecule is CC(C)(C)c1cc(-c2cccc3c4c5c6ccc(C(C)(C)C)cc6n6c7ccccc7c(c7c8ccc(C(C)(C)C)cc8n(c23)c74)c56)cc(C(C)(C)C)c1. The number of hydrogen-bond donors (Lipinski definition) is 0. The highest BCUT2D eigenvalue weighted by atomic mass is 14.9. The summed E-state index contributed by atoms with van der Waals surface area (Å²) in [6.07, 6.45) is 0. The molecule has 270 valence electrons. The minimum Gasteiger partial charge on any atom is -0.308 e. The van der Waals surface area contributed by atoms with Gasteiger partial charge in [-0.25, -0.2) is 0 Å². The van der Waals surface area contributed by atoms with Gasteiger partial charge in [0.15, 0.2) is 0 Å². The highest BCUT2D eigenvalue weighted by Crippen LogP contribution is 2.53. The molecule has 0 atom stereocenters. The molecular weight excluding hydrogens is 653 g/mol. The summed E-state index contributed by atoms with van der Waals surface area (Å²) in [6.45, 7) is 28.0. The number of fused-ring (bicyclic) bond motifs is 14. The van der Waals surface area contributed by atoms with Crippen molar-refractivity contribution in [2.24, 2.45) is 0 Å². The highest BCUT2D eigenvalue weighted by Gasteiger charge is 2.31. The average Bonchev–Trinajstić information content (AvgIpc) is 3.82. The van der Waals surface area contributed by atoms with E-state index in [0.29, 0.717) is 0 Å². The zero-order valence-corrected chi connectivity index (χ0v) is 34.1. The Morgan fingerprint density at radius 1 is 0.333 bits per heavy atom. The van der Waals surface area contributed by atoms with Gasteiger partial charge in [-0.15, -0.1) is 0 Å². The first-order valence-electron chi connectivity index (χ1n) is 19.9. The summed E-state index contributed by atoms with van der Waals surface area (Å²) in [5, 5.41) is 10.8. The van der Waals surface area contributed by atoms with Crippen LogP contribution in [0.15, 0.2) is 97.1 Å². The van der Waals surface area contributed by atoms with Crippen molar-refractivity contribution in [3.63, 3.8) is 0 Å². The lowest BCUT2D eigenvalue weighted by atomic mass is 9.79. The summed E-state index contributed by atoms with van der Waals surface area (Å²) >= 11 is 0. The minimum atomic E-state index is 0.0169. The summed E-state index contributed by atoms with van der Waals surface area (Å²) in [7, 11) is 0. The largest absolute Gasteiger partial charge is 0.308 e. The summed E-state index contributed by atoms with van der Waals surface area (Å²) in [6, 6.07) is 38.1. The van der Waals surface area contributed by atoms with E-state index in [1.165, 1.54) is 110 Å². The first-order valence-corrected chi connectivity index (χ1v) is 19.9. The molecule has 0 amide bonds. The molecule has 0 unspecified atom stereocenters. The maximum Gasteiger partial charge on any atom is 0.0634 e. The maximum absolute atomic E-state index is 2.67. The molecule has 6 aromatic carbocycles. The Balaban J connectivity index is 1.50. The molecule has 0 spiro atoms. The van der Waals surface area contributed by atoms with E-state index >= 15 is 0 Å². The second kappa shape index (κ2) is 10.4. The molecule has 0 aliphatic rings. The fraction of sp³-hybridized carbons (Fsp3) is 0.308. The molecule has 4 aromatic heterocycles. The van der Waals surface area contributed by atoms with E-state index in [4.69, 9.17) is 0 Å². The topological polar surface area (TPSA) is 8.82 Å². The summed E-state index contributed by atoms with van der Waals surface area (Å²) < 4.78 is 5.27. The molecule has 0 fully saturated rings. The van der Waals surface area contributed by atoms with Crippen molar-refractivity contribution in [1.29, 1.82) is 0 Å². The van der Waals surface area contributed by atoms with Crippen LogP contribution >= 0.6 is 0 Å². The number of rotatable bonds is 1. The number of benzene rings is 6. The van der Waals surface area contributed by atoms with Crippen molar-refractivity contribution >= 4 is 76.2 Å². The second-order valence-electron chi connectivity index (χ2n) is 20.3. The van der Waals surface area contributed by atoms with Crippen LogP contribution in [0.4, 0.5) is 0 Å². The molecule has 4 heterocycles. The molecule has 0 saturated carbocycles. The van der Waals surface area contributed by atoms with Gasteiger partial charge in [-0.05, 0) is 67.7 Å². The van der Waals surface area contributed by atoms with Crippen molar-refractivity contribution in [3.8, 4) is 11.1 Å². The van der Waals surface area contributed by atoms with Gasteiger partial charge >= 0.3 is 0 Å². The smallest absolute Gasteiger partial charge is 0.0634 e. The predicted molar refractivity (Wildman–Crippen MR) is 236 cm³/mol. The normalized spacial score (nSPS) is 13.9. The third-order valence-corrected chi connectivity index (χ3v) is 12.6. The van der Waals surface area contributed by atoms with Gasteiger partial charge in [0.2, 0.25) is 0 Å². The van der Waals surface area contributed by atoms with Crippen LogP contribution in [-0.4, -0.2) is 8.80 Å². The lowest BCUT2D eigenvalue weighted by molar-refractivity contribution is 0.569. The van der Waals surface area contributed by atoms with Crippen molar-refractivity contribution in [1.82, 2.24) is 8.80 Å². The van der Waals surface area contributed by atoms with E-state index in [1.807, 2.05) is 0 Å². The first-order chi connectivity index (χ1) is 25.3. The number of hydrogen-bond acceptors (Lipinski definition) is 0. The Kier molecular flexibility index (Phi) is 6.42. The quantitative estimate of drug-likeness (QED) is 0.161. The zero-order chi connectivity index (χ0) is 38.0. The first kappa shape index (κ1) is 33.5.